The normalized spacial score (nSPS) is 14.8. The molecule has 3 aromatic rings. The van der Waals surface area contributed by atoms with Crippen LogP contribution in [-0.2, 0) is 17.8 Å². The van der Waals surface area contributed by atoms with Gasteiger partial charge in [0.05, 0.1) is 18.9 Å². The summed E-state index contributed by atoms with van der Waals surface area (Å²) in [6, 6.07) is 9.82. The maximum Gasteiger partial charge on any atom is 0.274 e. The smallest absolute Gasteiger partial charge is 0.274 e. The molecule has 27 heavy (non-hydrogen) atoms. The Balaban J connectivity index is 1.62. The molecule has 0 aromatic carbocycles. The number of morpholine rings is 1. The number of nitrogens with zero attached hydrogens (tertiary/aromatic N) is 5. The lowest BCUT2D eigenvalue weighted by Crippen LogP contribution is -2.41. The lowest BCUT2D eigenvalue weighted by Gasteiger charge is -2.26. The van der Waals surface area contributed by atoms with Crippen LogP contribution >= 0.6 is 0 Å². The van der Waals surface area contributed by atoms with Crippen molar-refractivity contribution in [1.82, 2.24) is 24.2 Å². The Labute approximate surface area is 158 Å². The molecule has 140 valence electrons. The molecule has 0 aliphatic carbocycles. The molecule has 1 aliphatic heterocycles. The highest BCUT2D eigenvalue weighted by molar-refractivity contribution is 5.94. The zero-order valence-electron chi connectivity index (χ0n) is 15.4. The molecule has 0 saturated carbocycles. The predicted octanol–water partition coefficient (Wildman–Crippen LogP) is 1.83. The van der Waals surface area contributed by atoms with E-state index in [1.807, 2.05) is 53.0 Å². The Hall–Kier alpha value is -2.77. The number of rotatable bonds is 5. The van der Waals surface area contributed by atoms with Crippen molar-refractivity contribution in [1.29, 1.82) is 0 Å². The molecule has 7 nitrogen and oxygen atoms in total. The van der Waals surface area contributed by atoms with Crippen LogP contribution in [0.5, 0.6) is 0 Å². The van der Waals surface area contributed by atoms with Gasteiger partial charge in [0.2, 0.25) is 0 Å². The average molecular weight is 365 g/mol. The summed E-state index contributed by atoms with van der Waals surface area (Å²) in [4.78, 5) is 25.9. The van der Waals surface area contributed by atoms with Gasteiger partial charge in [-0.1, -0.05) is 12.1 Å². The molecule has 1 fully saturated rings. The molecule has 0 bridgehead atoms. The highest BCUT2D eigenvalue weighted by Gasteiger charge is 2.25. The first kappa shape index (κ1) is 17.6. The first-order valence-corrected chi connectivity index (χ1v) is 9.13. The zero-order chi connectivity index (χ0) is 18.6. The molecule has 7 heteroatoms. The predicted molar refractivity (Wildman–Crippen MR) is 101 cm³/mol. The molecule has 0 spiro atoms. The lowest BCUT2D eigenvalue weighted by atomic mass is 10.2. The fraction of sp³-hybridized carbons (Fsp3) is 0.350. The third-order valence-electron chi connectivity index (χ3n) is 4.72. The Bertz CT molecular complexity index is 919. The van der Waals surface area contributed by atoms with Gasteiger partial charge in [0, 0.05) is 44.8 Å². The van der Waals surface area contributed by atoms with Gasteiger partial charge < -0.3 is 14.0 Å². The van der Waals surface area contributed by atoms with Gasteiger partial charge >= 0.3 is 0 Å². The van der Waals surface area contributed by atoms with Crippen LogP contribution in [0.3, 0.4) is 0 Å². The van der Waals surface area contributed by atoms with Gasteiger partial charge in [-0.05, 0) is 30.8 Å². The van der Waals surface area contributed by atoms with E-state index in [0.717, 1.165) is 23.4 Å². The number of ether oxygens (including phenoxy) is 1. The summed E-state index contributed by atoms with van der Waals surface area (Å²) in [5, 5.41) is 0. The molecular weight excluding hydrogens is 342 g/mol. The molecule has 0 unspecified atom stereocenters. The number of fused-ring (bicyclic) bond motifs is 1. The fourth-order valence-corrected chi connectivity index (χ4v) is 3.40. The third-order valence-corrected chi connectivity index (χ3v) is 4.72. The second-order valence-electron chi connectivity index (χ2n) is 6.77. The summed E-state index contributed by atoms with van der Waals surface area (Å²) in [7, 11) is 2.04. The van der Waals surface area contributed by atoms with Crippen molar-refractivity contribution < 1.29 is 9.53 Å². The minimum atomic E-state index is -0.0215. The van der Waals surface area contributed by atoms with E-state index in [1.165, 1.54) is 0 Å². The number of imidazole rings is 1. The Morgan fingerprint density at radius 2 is 2.04 bits per heavy atom. The largest absolute Gasteiger partial charge is 0.378 e. The number of hydrogen-bond donors (Lipinski definition) is 0. The van der Waals surface area contributed by atoms with E-state index < -0.39 is 0 Å². The third kappa shape index (κ3) is 3.84. The van der Waals surface area contributed by atoms with Crippen LogP contribution in [0.4, 0.5) is 0 Å². The van der Waals surface area contributed by atoms with Gasteiger partial charge in [0.25, 0.3) is 5.91 Å². The van der Waals surface area contributed by atoms with Crippen molar-refractivity contribution in [3.05, 3.63) is 65.9 Å². The second-order valence-corrected chi connectivity index (χ2v) is 6.77. The maximum absolute atomic E-state index is 13.1. The van der Waals surface area contributed by atoms with Crippen LogP contribution < -0.4 is 0 Å². The van der Waals surface area contributed by atoms with Crippen LogP contribution in [0.25, 0.3) is 5.65 Å². The molecule has 3 aromatic heterocycles. The minimum Gasteiger partial charge on any atom is -0.378 e. The van der Waals surface area contributed by atoms with E-state index in [4.69, 9.17) is 4.74 Å². The molecule has 1 aliphatic rings. The van der Waals surface area contributed by atoms with E-state index in [2.05, 4.69) is 20.9 Å². The Kier molecular flexibility index (Phi) is 5.13. The van der Waals surface area contributed by atoms with Crippen LogP contribution in [-0.4, -0.2) is 63.4 Å². The number of hydrogen-bond acceptors (Lipinski definition) is 5. The lowest BCUT2D eigenvalue weighted by molar-refractivity contribution is 0.0298. The van der Waals surface area contributed by atoms with E-state index in [9.17, 15) is 4.79 Å². The standard InChI is InChI=1S/C20H23N5O2/c1-23(14-16-5-4-7-21-13-16)15-17-19(20(26)24-9-11-27-12-10-24)22-18-6-2-3-8-25(17)18/h2-8,13H,9-12,14-15H2,1H3. The summed E-state index contributed by atoms with van der Waals surface area (Å²) in [5.41, 5.74) is 3.36. The number of amides is 1. The number of aromatic nitrogens is 3. The molecule has 0 N–H and O–H groups in total. The minimum absolute atomic E-state index is 0.0215. The van der Waals surface area contributed by atoms with E-state index in [0.29, 0.717) is 38.5 Å². The van der Waals surface area contributed by atoms with E-state index in [1.54, 1.807) is 6.20 Å². The summed E-state index contributed by atoms with van der Waals surface area (Å²) < 4.78 is 7.38. The Morgan fingerprint density at radius 1 is 1.19 bits per heavy atom. The first-order chi connectivity index (χ1) is 13.2. The van der Waals surface area contributed by atoms with Crippen molar-refractivity contribution in [2.75, 3.05) is 33.4 Å². The van der Waals surface area contributed by atoms with E-state index >= 15 is 0 Å². The van der Waals surface area contributed by atoms with Crippen LogP contribution in [0.1, 0.15) is 21.7 Å². The SMILES string of the molecule is CN(Cc1cccnc1)Cc1c(C(=O)N2CCOCC2)nc2ccccn12. The summed E-state index contributed by atoms with van der Waals surface area (Å²) in [6.45, 7) is 3.74. The Morgan fingerprint density at radius 3 is 2.81 bits per heavy atom. The summed E-state index contributed by atoms with van der Waals surface area (Å²) >= 11 is 0. The summed E-state index contributed by atoms with van der Waals surface area (Å²) in [6.07, 6.45) is 5.60. The molecule has 1 amide bonds. The fourth-order valence-electron chi connectivity index (χ4n) is 3.40. The number of pyridine rings is 2. The number of carbonyl (C=O) groups is 1. The number of carbonyl (C=O) groups excluding carboxylic acids is 1. The van der Waals surface area contributed by atoms with Crippen molar-refractivity contribution in [2.45, 2.75) is 13.1 Å². The summed E-state index contributed by atoms with van der Waals surface area (Å²) in [5.74, 6) is -0.0215. The second kappa shape index (κ2) is 7.85. The molecule has 0 atom stereocenters. The molecular formula is C20H23N5O2. The van der Waals surface area contributed by atoms with Gasteiger partial charge in [0.15, 0.2) is 5.69 Å². The zero-order valence-corrected chi connectivity index (χ0v) is 15.4. The van der Waals surface area contributed by atoms with Gasteiger partial charge in [-0.3, -0.25) is 14.7 Å². The van der Waals surface area contributed by atoms with Crippen molar-refractivity contribution in [3.8, 4) is 0 Å². The van der Waals surface area contributed by atoms with Gasteiger partial charge in [-0.2, -0.15) is 0 Å². The van der Waals surface area contributed by atoms with Crippen molar-refractivity contribution >= 4 is 11.6 Å². The topological polar surface area (TPSA) is 63.0 Å². The van der Waals surface area contributed by atoms with Crippen LogP contribution in [0.2, 0.25) is 0 Å². The molecule has 4 rings (SSSR count). The van der Waals surface area contributed by atoms with Crippen molar-refractivity contribution in [3.63, 3.8) is 0 Å². The average Bonchev–Trinajstić information content (AvgIpc) is 3.07. The highest BCUT2D eigenvalue weighted by atomic mass is 16.5. The van der Waals surface area contributed by atoms with E-state index in [-0.39, 0.29) is 5.91 Å². The van der Waals surface area contributed by atoms with Gasteiger partial charge in [0.1, 0.15) is 5.65 Å². The van der Waals surface area contributed by atoms with Crippen molar-refractivity contribution in [2.24, 2.45) is 0 Å². The molecule has 0 radical (unpaired) electrons. The quantitative estimate of drug-likeness (QED) is 0.690. The highest BCUT2D eigenvalue weighted by Crippen LogP contribution is 2.18. The van der Waals surface area contributed by atoms with Crippen LogP contribution in [0, 0.1) is 0 Å². The van der Waals surface area contributed by atoms with Gasteiger partial charge in [-0.25, -0.2) is 4.98 Å². The van der Waals surface area contributed by atoms with Crippen LogP contribution in [0.15, 0.2) is 48.9 Å². The van der Waals surface area contributed by atoms with Gasteiger partial charge in [-0.15, -0.1) is 0 Å². The molecule has 4 heterocycles. The first-order valence-electron chi connectivity index (χ1n) is 9.13. The maximum atomic E-state index is 13.1. The monoisotopic (exact) mass is 365 g/mol. The molecule has 1 saturated heterocycles.